The van der Waals surface area contributed by atoms with Crippen molar-refractivity contribution in [2.24, 2.45) is 5.92 Å². The Labute approximate surface area is 192 Å². The van der Waals surface area contributed by atoms with Gasteiger partial charge in [0.05, 0.1) is 28.3 Å². The van der Waals surface area contributed by atoms with E-state index in [-0.39, 0.29) is 36.3 Å². The number of hydrogen-bond donors (Lipinski definition) is 1. The van der Waals surface area contributed by atoms with E-state index in [9.17, 15) is 27.1 Å². The summed E-state index contributed by atoms with van der Waals surface area (Å²) in [7, 11) is -3.64. The van der Waals surface area contributed by atoms with Crippen LogP contribution in [0.4, 0.5) is 8.78 Å². The third-order valence-electron chi connectivity index (χ3n) is 7.15. The Balaban J connectivity index is 1.72. The van der Waals surface area contributed by atoms with Crippen molar-refractivity contribution in [1.29, 1.82) is 0 Å². The number of carboxylic acid groups (broad SMARTS) is 1. The van der Waals surface area contributed by atoms with Crippen LogP contribution in [0.1, 0.15) is 56.6 Å². The van der Waals surface area contributed by atoms with Crippen LogP contribution in [-0.2, 0) is 30.4 Å². The highest BCUT2D eigenvalue weighted by Gasteiger charge is 2.50. The van der Waals surface area contributed by atoms with Crippen LogP contribution < -0.4 is 0 Å². The van der Waals surface area contributed by atoms with Crippen LogP contribution in [0.5, 0.6) is 0 Å². The number of aliphatic carboxylic acids is 1. The summed E-state index contributed by atoms with van der Waals surface area (Å²) in [5.74, 6) is -1.85. The Bertz CT molecular complexity index is 1130. The van der Waals surface area contributed by atoms with E-state index in [1.54, 1.807) is 0 Å². The molecule has 0 aromatic heterocycles. The Morgan fingerprint density at radius 2 is 1.64 bits per heavy atom. The van der Waals surface area contributed by atoms with Crippen molar-refractivity contribution >= 4 is 15.8 Å². The minimum absolute atomic E-state index is 0.0944. The Morgan fingerprint density at radius 1 is 1.00 bits per heavy atom. The van der Waals surface area contributed by atoms with Gasteiger partial charge in [0.2, 0.25) is 0 Å². The zero-order valence-corrected chi connectivity index (χ0v) is 19.3. The van der Waals surface area contributed by atoms with E-state index in [2.05, 4.69) is 0 Å². The summed E-state index contributed by atoms with van der Waals surface area (Å²) in [5, 5.41) is 10.1. The fourth-order valence-electron chi connectivity index (χ4n) is 4.73. The number of benzene rings is 2. The number of carbonyl (C=O) groups is 1. The van der Waals surface area contributed by atoms with E-state index >= 15 is 0 Å². The van der Waals surface area contributed by atoms with Gasteiger partial charge in [-0.2, -0.15) is 0 Å². The van der Waals surface area contributed by atoms with Crippen molar-refractivity contribution in [2.75, 3.05) is 12.4 Å². The van der Waals surface area contributed by atoms with Gasteiger partial charge < -0.3 is 9.84 Å². The number of halogens is 2. The number of carboxylic acids is 1. The molecule has 2 aliphatic carbocycles. The fraction of sp³-hybridized carbons (Fsp3) is 0.480. The van der Waals surface area contributed by atoms with Crippen LogP contribution in [-0.4, -0.2) is 31.9 Å². The van der Waals surface area contributed by atoms with Gasteiger partial charge in [-0.15, -0.1) is 0 Å². The predicted octanol–water partition coefficient (Wildman–Crippen LogP) is 4.98. The summed E-state index contributed by atoms with van der Waals surface area (Å²) in [4.78, 5) is 12.3. The molecule has 0 saturated heterocycles. The van der Waals surface area contributed by atoms with Crippen LogP contribution in [0.3, 0.4) is 0 Å². The van der Waals surface area contributed by atoms with Gasteiger partial charge in [-0.25, -0.2) is 17.2 Å². The molecule has 2 aliphatic rings. The normalized spacial score (nSPS) is 25.7. The summed E-state index contributed by atoms with van der Waals surface area (Å²) in [6.07, 6.45) is 3.04. The first-order valence-corrected chi connectivity index (χ1v) is 12.9. The molecule has 0 atom stereocenters. The second-order valence-electron chi connectivity index (χ2n) is 9.22. The largest absolute Gasteiger partial charge is 0.481 e. The van der Waals surface area contributed by atoms with Crippen molar-refractivity contribution in [2.45, 2.75) is 61.4 Å². The minimum Gasteiger partial charge on any atom is -0.481 e. The van der Waals surface area contributed by atoms with Gasteiger partial charge in [0.15, 0.2) is 9.84 Å². The molecule has 0 aliphatic heterocycles. The number of ether oxygens (including phenoxy) is 1. The van der Waals surface area contributed by atoms with Gasteiger partial charge in [-0.1, -0.05) is 19.1 Å². The van der Waals surface area contributed by atoms with Crippen LogP contribution >= 0.6 is 0 Å². The zero-order valence-electron chi connectivity index (χ0n) is 18.5. The topological polar surface area (TPSA) is 80.7 Å². The molecule has 2 aromatic carbocycles. The molecule has 8 heteroatoms. The molecular weight excluding hydrogens is 450 g/mol. The molecule has 2 saturated carbocycles. The lowest BCUT2D eigenvalue weighted by Crippen LogP contribution is -2.46. The van der Waals surface area contributed by atoms with Crippen molar-refractivity contribution < 1.29 is 31.8 Å². The summed E-state index contributed by atoms with van der Waals surface area (Å²) < 4.78 is 59.3. The van der Waals surface area contributed by atoms with Crippen LogP contribution in [0, 0.1) is 17.6 Å². The summed E-state index contributed by atoms with van der Waals surface area (Å²) >= 11 is 0. The van der Waals surface area contributed by atoms with E-state index in [1.165, 1.54) is 43.3 Å². The van der Waals surface area contributed by atoms with Gasteiger partial charge in [0.1, 0.15) is 11.6 Å². The maximum atomic E-state index is 14.6. The molecular formula is C25H28F2O5S. The molecule has 4 rings (SSSR count). The minimum atomic E-state index is -3.64. The molecule has 0 radical (unpaired) electrons. The van der Waals surface area contributed by atoms with Gasteiger partial charge in [0.25, 0.3) is 0 Å². The number of rotatable bonds is 8. The molecule has 2 aromatic rings. The molecule has 0 bridgehead atoms. The lowest BCUT2D eigenvalue weighted by molar-refractivity contribution is -0.151. The highest BCUT2D eigenvalue weighted by molar-refractivity contribution is 7.91. The molecule has 33 heavy (non-hydrogen) atoms. The van der Waals surface area contributed by atoms with E-state index in [1.807, 2.05) is 0 Å². The van der Waals surface area contributed by atoms with E-state index < -0.39 is 38.5 Å². The summed E-state index contributed by atoms with van der Waals surface area (Å²) in [6.45, 7) is 1.97. The number of sulfone groups is 1. The molecule has 5 nitrogen and oxygen atoms in total. The summed E-state index contributed by atoms with van der Waals surface area (Å²) in [5.41, 5.74) is -1.26. The zero-order chi connectivity index (χ0) is 23.9. The maximum Gasteiger partial charge on any atom is 0.314 e. The highest BCUT2D eigenvalue weighted by atomic mass is 32.2. The third kappa shape index (κ3) is 4.68. The number of hydrogen-bond acceptors (Lipinski definition) is 4. The van der Waals surface area contributed by atoms with E-state index in [0.29, 0.717) is 23.7 Å². The molecule has 0 heterocycles. The maximum absolute atomic E-state index is 14.6. The molecule has 0 amide bonds. The predicted molar refractivity (Wildman–Crippen MR) is 119 cm³/mol. The third-order valence-corrected chi connectivity index (χ3v) is 8.86. The van der Waals surface area contributed by atoms with Crippen LogP contribution in [0.2, 0.25) is 0 Å². The highest BCUT2D eigenvalue weighted by Crippen LogP contribution is 2.50. The lowest BCUT2D eigenvalue weighted by Gasteiger charge is -2.45. The van der Waals surface area contributed by atoms with Crippen molar-refractivity contribution in [3.8, 4) is 0 Å². The van der Waals surface area contributed by atoms with Crippen LogP contribution in [0.15, 0.2) is 47.4 Å². The molecule has 2 fully saturated rings. The SMILES string of the molecule is CCS(=O)(=O)c1cc(F)cc(C2(OCC3CC3)CCC(C(=O)O)(c3ccc(F)cc3)CC2)c1. The first kappa shape index (κ1) is 23.8. The fourth-order valence-corrected chi connectivity index (χ4v) is 5.66. The second-order valence-corrected chi connectivity index (χ2v) is 11.5. The van der Waals surface area contributed by atoms with Crippen molar-refractivity contribution in [1.82, 2.24) is 0 Å². The Kier molecular flexibility index (Phi) is 6.35. The van der Waals surface area contributed by atoms with Gasteiger partial charge in [-0.05, 0) is 85.9 Å². The first-order valence-electron chi connectivity index (χ1n) is 11.3. The smallest absolute Gasteiger partial charge is 0.314 e. The quantitative estimate of drug-likeness (QED) is 0.579. The Hall–Kier alpha value is -2.32. The van der Waals surface area contributed by atoms with Crippen molar-refractivity contribution in [3.63, 3.8) is 0 Å². The lowest BCUT2D eigenvalue weighted by atomic mass is 9.63. The monoisotopic (exact) mass is 478 g/mol. The molecule has 0 unspecified atom stereocenters. The average Bonchev–Trinajstić information content (AvgIpc) is 3.63. The van der Waals surface area contributed by atoms with Crippen LogP contribution in [0.25, 0.3) is 0 Å². The van der Waals surface area contributed by atoms with E-state index in [4.69, 9.17) is 4.74 Å². The first-order chi connectivity index (χ1) is 15.6. The van der Waals surface area contributed by atoms with Gasteiger partial charge >= 0.3 is 5.97 Å². The standard InChI is InChI=1S/C25H28F2O5S/c1-2-33(30,31)22-14-19(13-21(27)15-22)25(32-16-17-3-4-17)11-9-24(10-12-25,23(28)29)18-5-7-20(26)8-6-18/h5-8,13-15,17H,2-4,9-12,16H2,1H3,(H,28,29). The molecule has 178 valence electrons. The van der Waals surface area contributed by atoms with Gasteiger partial charge in [-0.3, -0.25) is 4.79 Å². The molecule has 0 spiro atoms. The van der Waals surface area contributed by atoms with E-state index in [0.717, 1.165) is 18.9 Å². The molecule has 1 N–H and O–H groups in total. The summed E-state index contributed by atoms with van der Waals surface area (Å²) in [6, 6.07) is 9.28. The Morgan fingerprint density at radius 3 is 2.18 bits per heavy atom. The van der Waals surface area contributed by atoms with Crippen molar-refractivity contribution in [3.05, 3.63) is 65.2 Å². The average molecular weight is 479 g/mol. The van der Waals surface area contributed by atoms with Gasteiger partial charge in [0, 0.05) is 0 Å². The second kappa shape index (κ2) is 8.80.